The van der Waals surface area contributed by atoms with Crippen LogP contribution in [-0.2, 0) is 27.1 Å². The van der Waals surface area contributed by atoms with Gasteiger partial charge < -0.3 is 5.32 Å². The van der Waals surface area contributed by atoms with Crippen molar-refractivity contribution in [3.63, 3.8) is 0 Å². The van der Waals surface area contributed by atoms with Crippen LogP contribution < -0.4 is 15.1 Å². The normalized spacial score (nSPS) is 19.6. The second-order valence-corrected chi connectivity index (χ2v) is 13.3. The van der Waals surface area contributed by atoms with Gasteiger partial charge in [0.05, 0.1) is 32.2 Å². The van der Waals surface area contributed by atoms with E-state index in [1.54, 1.807) is 42.5 Å². The smallest absolute Gasteiger partial charge is 0.325 e. The van der Waals surface area contributed by atoms with Crippen molar-refractivity contribution in [2.45, 2.75) is 28.9 Å². The summed E-state index contributed by atoms with van der Waals surface area (Å²) in [6.45, 7) is -0.551. The summed E-state index contributed by atoms with van der Waals surface area (Å²) in [6.07, 6.45) is -4.61. The van der Waals surface area contributed by atoms with Crippen LogP contribution in [0.3, 0.4) is 0 Å². The molecule has 1 N–H and O–H groups in total. The van der Waals surface area contributed by atoms with E-state index in [0.29, 0.717) is 21.2 Å². The summed E-state index contributed by atoms with van der Waals surface area (Å²) >= 11 is 20.7. The number of rotatable bonds is 5. The molecule has 2 aliphatic heterocycles. The minimum atomic E-state index is -4.61. The fraction of sp³-hybridized carbons (Fsp3) is 0.172. The molecule has 2 unspecified atom stereocenters. The third-order valence-corrected chi connectivity index (χ3v) is 10.9. The van der Waals surface area contributed by atoms with E-state index in [9.17, 15) is 32.3 Å². The fourth-order valence-corrected chi connectivity index (χ4v) is 8.63. The Hall–Kier alpha value is -3.29. The third kappa shape index (κ3) is 5.43. The van der Waals surface area contributed by atoms with E-state index in [4.69, 9.17) is 34.8 Å². The minimum absolute atomic E-state index is 0.103. The summed E-state index contributed by atoms with van der Waals surface area (Å²) in [5.41, 5.74) is -0.306. The third-order valence-electron chi connectivity index (χ3n) is 7.23. The highest BCUT2D eigenvalue weighted by molar-refractivity contribution is 8.00. The number of carbonyl (C=O) groups excluding carboxylic acids is 3. The summed E-state index contributed by atoms with van der Waals surface area (Å²) in [5.74, 6) is -3.61. The molecule has 15 heteroatoms. The van der Waals surface area contributed by atoms with Crippen molar-refractivity contribution in [3.8, 4) is 0 Å². The van der Waals surface area contributed by atoms with E-state index < -0.39 is 58.0 Å². The van der Waals surface area contributed by atoms with Gasteiger partial charge in [0.2, 0.25) is 17.7 Å². The number of thiazole rings is 1. The van der Waals surface area contributed by atoms with Gasteiger partial charge in [-0.05, 0) is 54.1 Å². The largest absolute Gasteiger partial charge is 0.416 e. The van der Waals surface area contributed by atoms with E-state index >= 15 is 0 Å². The van der Waals surface area contributed by atoms with Gasteiger partial charge in [-0.2, -0.15) is 13.2 Å². The van der Waals surface area contributed by atoms with E-state index in [1.165, 1.54) is 6.07 Å². The molecule has 1 aromatic heterocycles. The average molecular weight is 699 g/mol. The number of hydrogen-bond donors (Lipinski definition) is 1. The topological polar surface area (TPSA) is 88.5 Å². The number of imide groups is 1. The maximum atomic E-state index is 14.0. The molecule has 3 heterocycles. The number of nitrogens with zero attached hydrogens (tertiary/aromatic N) is 2. The summed E-state index contributed by atoms with van der Waals surface area (Å²) in [4.78, 5) is 55.0. The number of hydrogen-bond acceptors (Lipinski definition) is 6. The Bertz CT molecular complexity index is 1900. The molecule has 2 aliphatic rings. The molecule has 3 amide bonds. The zero-order valence-electron chi connectivity index (χ0n) is 21.9. The second-order valence-electron chi connectivity index (χ2n) is 9.92. The quantitative estimate of drug-likeness (QED) is 0.221. The van der Waals surface area contributed by atoms with Crippen LogP contribution in [0.4, 0.5) is 24.5 Å². The minimum Gasteiger partial charge on any atom is -0.325 e. The fourth-order valence-electron chi connectivity index (χ4n) is 5.31. The van der Waals surface area contributed by atoms with Gasteiger partial charge in [0.15, 0.2) is 0 Å². The number of aromatic nitrogens is 1. The number of alkyl halides is 3. The lowest BCUT2D eigenvalue weighted by atomic mass is 9.83. The van der Waals surface area contributed by atoms with Gasteiger partial charge in [-0.15, -0.1) is 0 Å². The summed E-state index contributed by atoms with van der Waals surface area (Å²) in [6, 6.07) is 15.2. The molecule has 3 aromatic carbocycles. The molecule has 0 radical (unpaired) electrons. The van der Waals surface area contributed by atoms with Crippen LogP contribution in [0.5, 0.6) is 0 Å². The highest BCUT2D eigenvalue weighted by Gasteiger charge is 2.57. The Morgan fingerprint density at radius 2 is 1.64 bits per heavy atom. The van der Waals surface area contributed by atoms with E-state index in [0.717, 1.165) is 50.8 Å². The number of nitrogens with one attached hydrogen (secondary N) is 1. The molecule has 0 aliphatic carbocycles. The molecule has 44 heavy (non-hydrogen) atoms. The number of fused-ring (bicyclic) bond motifs is 2. The van der Waals surface area contributed by atoms with Crippen molar-refractivity contribution in [2.24, 2.45) is 5.92 Å². The highest BCUT2D eigenvalue weighted by Crippen LogP contribution is 2.55. The number of benzene rings is 3. The van der Waals surface area contributed by atoms with Gasteiger partial charge in [-0.25, -0.2) is 4.90 Å². The lowest BCUT2D eigenvalue weighted by molar-refractivity contribution is -0.137. The first kappa shape index (κ1) is 30.7. The molecular formula is C29H17Cl3F3N3O4S2. The van der Waals surface area contributed by atoms with Crippen LogP contribution in [0.15, 0.2) is 76.6 Å². The predicted octanol–water partition coefficient (Wildman–Crippen LogP) is 7.32. The van der Waals surface area contributed by atoms with E-state index in [2.05, 4.69) is 5.32 Å². The molecule has 4 aromatic rings. The number of halogens is 6. The predicted molar refractivity (Wildman–Crippen MR) is 164 cm³/mol. The molecular weight excluding hydrogens is 682 g/mol. The van der Waals surface area contributed by atoms with Crippen LogP contribution in [0, 0.1) is 5.92 Å². The lowest BCUT2D eigenvalue weighted by Crippen LogP contribution is -2.33. The molecule has 1 saturated heterocycles. The highest BCUT2D eigenvalue weighted by atomic mass is 35.5. The van der Waals surface area contributed by atoms with Gasteiger partial charge in [0, 0.05) is 21.5 Å². The summed E-state index contributed by atoms with van der Waals surface area (Å²) < 4.78 is 40.6. The van der Waals surface area contributed by atoms with Crippen LogP contribution in [0.25, 0.3) is 0 Å². The molecule has 0 bridgehead atoms. The molecule has 0 saturated carbocycles. The first-order valence-electron chi connectivity index (χ1n) is 12.8. The van der Waals surface area contributed by atoms with Gasteiger partial charge in [-0.3, -0.25) is 23.7 Å². The van der Waals surface area contributed by atoms with Crippen LogP contribution in [0.1, 0.15) is 21.9 Å². The Balaban J connectivity index is 1.40. The summed E-state index contributed by atoms with van der Waals surface area (Å²) in [5, 5.41) is 2.46. The molecule has 7 nitrogen and oxygen atoms in total. The SMILES string of the molecule is O=C(Cn1c2c(sc1=O)[C@H](c1cccc(Cl)c1Cl)C1C(=O)N(c3ccc(Cl)cc3)C(=O)C1S2)Nc1cccc(C(F)(F)F)c1. The van der Waals surface area contributed by atoms with Crippen molar-refractivity contribution in [2.75, 3.05) is 10.2 Å². The maximum Gasteiger partial charge on any atom is 0.416 e. The van der Waals surface area contributed by atoms with Crippen molar-refractivity contribution < 1.29 is 27.6 Å². The van der Waals surface area contributed by atoms with Crippen LogP contribution in [0.2, 0.25) is 15.1 Å². The Kier molecular flexibility index (Phi) is 8.08. The Labute approximate surface area is 270 Å². The standard InChI is InChI=1S/C29H17Cl3F3N3O4S2/c30-14-7-9-16(10-8-14)38-25(40)21-20(17-5-2-6-18(31)22(17)32)24-27(43-23(21)26(38)41)37(28(42)44-24)12-19(39)36-15-4-1-3-13(11-15)29(33,34)35/h1-11,20-21,23H,12H2,(H,36,39)/t20-,21?,23?/m1/s1. The molecule has 1 fully saturated rings. The number of amides is 3. The van der Waals surface area contributed by atoms with Crippen LogP contribution in [-0.4, -0.2) is 27.5 Å². The number of carbonyl (C=O) groups is 3. The zero-order chi connectivity index (χ0) is 31.5. The monoisotopic (exact) mass is 697 g/mol. The molecule has 3 atom stereocenters. The van der Waals surface area contributed by atoms with E-state index in [1.807, 2.05) is 0 Å². The second kappa shape index (κ2) is 11.6. The average Bonchev–Trinajstić information content (AvgIpc) is 3.41. The van der Waals surface area contributed by atoms with Gasteiger partial charge >= 0.3 is 11.0 Å². The molecule has 0 spiro atoms. The van der Waals surface area contributed by atoms with Crippen LogP contribution >= 0.6 is 57.9 Å². The van der Waals surface area contributed by atoms with Gasteiger partial charge in [0.25, 0.3) is 0 Å². The summed E-state index contributed by atoms with van der Waals surface area (Å²) in [7, 11) is 0. The first-order valence-corrected chi connectivity index (χ1v) is 15.6. The molecule has 226 valence electrons. The van der Waals surface area contributed by atoms with Gasteiger partial charge in [-0.1, -0.05) is 76.1 Å². The lowest BCUT2D eigenvalue weighted by Gasteiger charge is -2.31. The Morgan fingerprint density at radius 1 is 0.932 bits per heavy atom. The van der Waals surface area contributed by atoms with Crippen molar-refractivity contribution >= 4 is 87.0 Å². The van der Waals surface area contributed by atoms with Crippen molar-refractivity contribution in [1.82, 2.24) is 4.57 Å². The molecule has 6 rings (SSSR count). The Morgan fingerprint density at radius 3 is 2.34 bits per heavy atom. The zero-order valence-corrected chi connectivity index (χ0v) is 25.8. The maximum absolute atomic E-state index is 14.0. The van der Waals surface area contributed by atoms with Crippen molar-refractivity contribution in [3.05, 3.63) is 107 Å². The number of thioether (sulfide) groups is 1. The number of anilines is 2. The van der Waals surface area contributed by atoms with E-state index in [-0.39, 0.29) is 20.8 Å². The van der Waals surface area contributed by atoms with Crippen molar-refractivity contribution in [1.29, 1.82) is 0 Å². The van der Waals surface area contributed by atoms with Gasteiger partial charge in [0.1, 0.15) is 11.8 Å². The first-order chi connectivity index (χ1) is 20.8.